The summed E-state index contributed by atoms with van der Waals surface area (Å²) in [5.41, 5.74) is 1.06. The molecule has 0 aromatic heterocycles. The zero-order valence-corrected chi connectivity index (χ0v) is 16.2. The van der Waals surface area contributed by atoms with Gasteiger partial charge < -0.3 is 14.4 Å². The highest BCUT2D eigenvalue weighted by molar-refractivity contribution is 9.10. The third kappa shape index (κ3) is 4.00. The second-order valence-corrected chi connectivity index (χ2v) is 7.25. The predicted molar refractivity (Wildman–Crippen MR) is 96.8 cm³/mol. The molecular weight excluding hydrogens is 404 g/mol. The largest absolute Gasteiger partial charge is 0.496 e. The van der Waals surface area contributed by atoms with Gasteiger partial charge in [-0.3, -0.25) is 9.59 Å². The number of hydrogen-bond donors (Lipinski definition) is 0. The van der Waals surface area contributed by atoms with Gasteiger partial charge in [0.15, 0.2) is 6.61 Å². The number of hydrogen-bond acceptors (Lipinski definition) is 5. The molecule has 1 aromatic rings. The molecule has 8 heteroatoms. The van der Waals surface area contributed by atoms with Crippen LogP contribution in [0.3, 0.4) is 0 Å². The van der Waals surface area contributed by atoms with Crippen LogP contribution in [0, 0.1) is 0 Å². The Labute approximate surface area is 160 Å². The number of aryl methyl sites for hydroxylation is 1. The zero-order valence-electron chi connectivity index (χ0n) is 14.6. The van der Waals surface area contributed by atoms with E-state index in [1.807, 2.05) is 18.2 Å². The van der Waals surface area contributed by atoms with E-state index >= 15 is 0 Å². The third-order valence-corrected chi connectivity index (χ3v) is 5.43. The number of carbonyl (C=O) groups is 3. The molecule has 0 saturated carbocycles. The molecular formula is C18H21BrN2O5. The first-order valence-electron chi connectivity index (χ1n) is 8.58. The van der Waals surface area contributed by atoms with Gasteiger partial charge in [-0.2, -0.15) is 0 Å². The number of amides is 3. The Balaban J connectivity index is 1.49. The maximum atomic E-state index is 12.5. The van der Waals surface area contributed by atoms with Gasteiger partial charge in [-0.05, 0) is 52.9 Å². The van der Waals surface area contributed by atoms with Crippen molar-refractivity contribution >= 4 is 33.8 Å². The first-order valence-corrected chi connectivity index (χ1v) is 9.38. The van der Waals surface area contributed by atoms with Crippen LogP contribution in [-0.4, -0.2) is 60.6 Å². The van der Waals surface area contributed by atoms with Gasteiger partial charge in [0.1, 0.15) is 5.75 Å². The summed E-state index contributed by atoms with van der Waals surface area (Å²) in [7, 11) is 1.61. The molecule has 3 rings (SSSR count). The smallest absolute Gasteiger partial charge is 0.417 e. The summed E-state index contributed by atoms with van der Waals surface area (Å²) < 4.78 is 10.8. The Morgan fingerprint density at radius 2 is 2.04 bits per heavy atom. The van der Waals surface area contributed by atoms with Crippen molar-refractivity contribution in [3.8, 4) is 5.75 Å². The van der Waals surface area contributed by atoms with Gasteiger partial charge in [0.25, 0.3) is 5.91 Å². The molecule has 2 heterocycles. The SMILES string of the molecule is COc1ccc(CCC(=O)N2CCC(N3C(=O)COC3=O)CC2)cc1Br. The molecule has 7 nitrogen and oxygen atoms in total. The standard InChI is InChI=1S/C18H21BrN2O5/c1-25-15-4-2-12(10-14(15)19)3-5-16(22)20-8-6-13(7-9-20)21-17(23)11-26-18(21)24/h2,4,10,13H,3,5-9,11H2,1H3. The van der Waals surface area contributed by atoms with Crippen molar-refractivity contribution in [1.29, 1.82) is 0 Å². The van der Waals surface area contributed by atoms with Crippen LogP contribution in [0.4, 0.5) is 4.79 Å². The van der Waals surface area contributed by atoms with E-state index in [0.717, 1.165) is 15.8 Å². The van der Waals surface area contributed by atoms with Crippen molar-refractivity contribution in [2.75, 3.05) is 26.8 Å². The number of ether oxygens (including phenoxy) is 2. The van der Waals surface area contributed by atoms with Crippen molar-refractivity contribution in [2.45, 2.75) is 31.7 Å². The summed E-state index contributed by atoms with van der Waals surface area (Å²) in [4.78, 5) is 38.8. The molecule has 0 unspecified atom stereocenters. The van der Waals surface area contributed by atoms with E-state index in [1.165, 1.54) is 4.90 Å². The van der Waals surface area contributed by atoms with Crippen LogP contribution in [0.2, 0.25) is 0 Å². The van der Waals surface area contributed by atoms with E-state index < -0.39 is 6.09 Å². The lowest BCUT2D eigenvalue weighted by Crippen LogP contribution is -2.48. The van der Waals surface area contributed by atoms with Crippen LogP contribution in [0.1, 0.15) is 24.8 Å². The average molecular weight is 425 g/mol. The minimum Gasteiger partial charge on any atom is -0.496 e. The molecule has 1 aromatic carbocycles. The molecule has 2 saturated heterocycles. The lowest BCUT2D eigenvalue weighted by atomic mass is 10.0. The average Bonchev–Trinajstić information content (AvgIpc) is 2.98. The summed E-state index contributed by atoms with van der Waals surface area (Å²) in [6, 6.07) is 5.62. The number of nitrogens with zero attached hydrogens (tertiary/aromatic N) is 2. The number of cyclic esters (lactones) is 1. The van der Waals surface area contributed by atoms with Gasteiger partial charge in [0, 0.05) is 25.6 Å². The van der Waals surface area contributed by atoms with Crippen LogP contribution >= 0.6 is 15.9 Å². The fourth-order valence-electron chi connectivity index (χ4n) is 3.37. The molecule has 0 atom stereocenters. The number of methoxy groups -OCH3 is 1. The van der Waals surface area contributed by atoms with Gasteiger partial charge in [-0.1, -0.05) is 6.07 Å². The van der Waals surface area contributed by atoms with E-state index in [9.17, 15) is 14.4 Å². The normalized spacial score (nSPS) is 18.2. The Bertz CT molecular complexity index is 700. The van der Waals surface area contributed by atoms with Gasteiger partial charge in [-0.25, -0.2) is 9.69 Å². The van der Waals surface area contributed by atoms with E-state index in [-0.39, 0.29) is 24.5 Å². The van der Waals surface area contributed by atoms with E-state index in [2.05, 4.69) is 15.9 Å². The molecule has 0 N–H and O–H groups in total. The summed E-state index contributed by atoms with van der Waals surface area (Å²) in [5.74, 6) is 0.563. The van der Waals surface area contributed by atoms with Crippen LogP contribution < -0.4 is 4.74 Å². The quantitative estimate of drug-likeness (QED) is 0.724. The number of carbonyl (C=O) groups excluding carboxylic acids is 3. The van der Waals surface area contributed by atoms with Crippen LogP contribution in [0.15, 0.2) is 22.7 Å². The summed E-state index contributed by atoms with van der Waals surface area (Å²) in [6.45, 7) is 0.926. The molecule has 2 fully saturated rings. The van der Waals surface area contributed by atoms with E-state index in [0.29, 0.717) is 38.8 Å². The molecule has 26 heavy (non-hydrogen) atoms. The van der Waals surface area contributed by atoms with Crippen molar-refractivity contribution in [3.63, 3.8) is 0 Å². The molecule has 3 amide bonds. The van der Waals surface area contributed by atoms with Gasteiger partial charge in [0.2, 0.25) is 5.91 Å². The highest BCUT2D eigenvalue weighted by atomic mass is 79.9. The Hall–Kier alpha value is -2.09. The van der Waals surface area contributed by atoms with Crippen molar-refractivity contribution in [2.24, 2.45) is 0 Å². The number of likely N-dealkylation sites (tertiary alicyclic amines) is 1. The number of halogens is 1. The Morgan fingerprint density at radius 3 is 2.62 bits per heavy atom. The molecule has 2 aliphatic rings. The number of benzene rings is 1. The molecule has 0 bridgehead atoms. The van der Waals surface area contributed by atoms with E-state index in [4.69, 9.17) is 9.47 Å². The van der Waals surface area contributed by atoms with Crippen molar-refractivity contribution < 1.29 is 23.9 Å². The first-order chi connectivity index (χ1) is 12.5. The molecule has 140 valence electrons. The first kappa shape index (κ1) is 18.7. The molecule has 0 aliphatic carbocycles. The number of rotatable bonds is 5. The fourth-order valence-corrected chi connectivity index (χ4v) is 3.95. The number of imide groups is 1. The van der Waals surface area contributed by atoms with Gasteiger partial charge >= 0.3 is 6.09 Å². The minimum absolute atomic E-state index is 0.0886. The van der Waals surface area contributed by atoms with Crippen LogP contribution in [0.25, 0.3) is 0 Å². The van der Waals surface area contributed by atoms with Crippen molar-refractivity contribution in [3.05, 3.63) is 28.2 Å². The maximum Gasteiger partial charge on any atom is 0.417 e. The third-order valence-electron chi connectivity index (χ3n) is 4.81. The van der Waals surface area contributed by atoms with Crippen LogP contribution in [0.5, 0.6) is 5.75 Å². The highest BCUT2D eigenvalue weighted by Gasteiger charge is 2.38. The summed E-state index contributed by atoms with van der Waals surface area (Å²) in [5, 5.41) is 0. The molecule has 0 spiro atoms. The summed E-state index contributed by atoms with van der Waals surface area (Å²) >= 11 is 3.45. The lowest BCUT2D eigenvalue weighted by Gasteiger charge is -2.34. The monoisotopic (exact) mass is 424 g/mol. The molecule has 0 radical (unpaired) electrons. The maximum absolute atomic E-state index is 12.5. The van der Waals surface area contributed by atoms with Gasteiger partial charge in [0.05, 0.1) is 11.6 Å². The zero-order chi connectivity index (χ0) is 18.7. The van der Waals surface area contributed by atoms with Crippen LogP contribution in [-0.2, 0) is 20.7 Å². The lowest BCUT2D eigenvalue weighted by molar-refractivity contribution is -0.133. The summed E-state index contributed by atoms with van der Waals surface area (Å²) in [6.07, 6.45) is 1.71. The topological polar surface area (TPSA) is 76.2 Å². The minimum atomic E-state index is -0.565. The Kier molecular flexibility index (Phi) is 5.80. The Morgan fingerprint density at radius 1 is 1.31 bits per heavy atom. The predicted octanol–water partition coefficient (Wildman–Crippen LogP) is 2.36. The van der Waals surface area contributed by atoms with E-state index in [1.54, 1.807) is 12.0 Å². The highest BCUT2D eigenvalue weighted by Crippen LogP contribution is 2.26. The second kappa shape index (κ2) is 8.07. The number of piperidine rings is 1. The van der Waals surface area contributed by atoms with Crippen molar-refractivity contribution in [1.82, 2.24) is 9.80 Å². The molecule has 2 aliphatic heterocycles. The fraction of sp³-hybridized carbons (Fsp3) is 0.500. The second-order valence-electron chi connectivity index (χ2n) is 6.40. The van der Waals surface area contributed by atoms with Gasteiger partial charge in [-0.15, -0.1) is 0 Å².